The number of benzene rings is 1. The molecule has 2 aromatic rings. The molecule has 2 amide bonds. The molecule has 0 radical (unpaired) electrons. The Morgan fingerprint density at radius 3 is 2.60 bits per heavy atom. The number of aryl methyl sites for hydroxylation is 1. The number of ether oxygens (including phenoxy) is 1. The van der Waals surface area contributed by atoms with E-state index in [-0.39, 0.29) is 31.0 Å². The van der Waals surface area contributed by atoms with E-state index in [4.69, 9.17) is 16.3 Å². The summed E-state index contributed by atoms with van der Waals surface area (Å²) in [4.78, 5) is 37.9. The van der Waals surface area contributed by atoms with Crippen LogP contribution in [-0.2, 0) is 20.5 Å². The van der Waals surface area contributed by atoms with Crippen LogP contribution in [0.15, 0.2) is 30.3 Å². The first-order chi connectivity index (χ1) is 18.9. The number of hydrogen-bond acceptors (Lipinski definition) is 7. The minimum Gasteiger partial charge on any atom is -0.390 e. The number of likely N-dealkylation sites (N-methyl/N-ethyl adjacent to an activating group) is 1. The van der Waals surface area contributed by atoms with Crippen LogP contribution in [0.2, 0.25) is 5.02 Å². The maximum atomic E-state index is 13.9. The van der Waals surface area contributed by atoms with Crippen molar-refractivity contribution in [2.75, 3.05) is 67.7 Å². The number of alkyl halides is 3. The monoisotopic (exact) mass is 581 g/mol. The molecule has 216 valence electrons. The minimum absolute atomic E-state index is 0.0724. The lowest BCUT2D eigenvalue weighted by atomic mass is 9.95. The van der Waals surface area contributed by atoms with Crippen molar-refractivity contribution in [3.63, 3.8) is 0 Å². The lowest BCUT2D eigenvalue weighted by Crippen LogP contribution is -2.53. The second-order valence-electron chi connectivity index (χ2n) is 10.5. The number of halogens is 4. The number of amides is 2. The average molecular weight is 582 g/mol. The molecule has 1 aromatic heterocycles. The van der Waals surface area contributed by atoms with E-state index in [0.29, 0.717) is 49.2 Å². The summed E-state index contributed by atoms with van der Waals surface area (Å²) in [5, 5.41) is 11.4. The Kier molecular flexibility index (Phi) is 7.97. The average Bonchev–Trinajstić information content (AvgIpc) is 3.21. The van der Waals surface area contributed by atoms with Gasteiger partial charge < -0.3 is 19.6 Å². The second kappa shape index (κ2) is 11.2. The van der Waals surface area contributed by atoms with Crippen molar-refractivity contribution in [3.05, 3.63) is 46.6 Å². The number of aliphatic hydroxyl groups excluding tert-OH is 1. The first kappa shape index (κ1) is 28.6. The number of β-amino-alcohol motifs (C(OH)–C–C–N with tert-alkyl or cyclic N) is 1. The SMILES string of the molecule is Cc1cc(C(F)(F)F)cc(N2C(=O)C[C@@H]3CN(C[C@@H](O)CN4CCOCC4)c4c(Cl)cccc4N(C)C(=O)[C@H]32)n1. The first-order valence-electron chi connectivity index (χ1n) is 13.1. The van der Waals surface area contributed by atoms with Crippen molar-refractivity contribution in [1.82, 2.24) is 9.88 Å². The minimum atomic E-state index is -4.64. The summed E-state index contributed by atoms with van der Waals surface area (Å²) in [6, 6.07) is 5.74. The summed E-state index contributed by atoms with van der Waals surface area (Å²) >= 11 is 6.64. The summed E-state index contributed by atoms with van der Waals surface area (Å²) in [6.45, 7) is 4.74. The molecule has 4 heterocycles. The maximum Gasteiger partial charge on any atom is 0.416 e. The number of nitrogens with zero attached hydrogens (tertiary/aromatic N) is 5. The predicted octanol–water partition coefficient (Wildman–Crippen LogP) is 2.96. The summed E-state index contributed by atoms with van der Waals surface area (Å²) in [7, 11) is 1.55. The molecule has 0 aliphatic carbocycles. The van der Waals surface area contributed by atoms with E-state index in [1.165, 1.54) is 11.8 Å². The molecule has 0 bridgehead atoms. The molecule has 3 atom stereocenters. The molecule has 1 aromatic carbocycles. The van der Waals surface area contributed by atoms with Crippen molar-refractivity contribution in [1.29, 1.82) is 0 Å². The van der Waals surface area contributed by atoms with Gasteiger partial charge in [0.05, 0.1) is 41.3 Å². The fourth-order valence-corrected chi connectivity index (χ4v) is 6.11. The van der Waals surface area contributed by atoms with Gasteiger partial charge in [-0.2, -0.15) is 13.2 Å². The van der Waals surface area contributed by atoms with Crippen molar-refractivity contribution in [3.8, 4) is 0 Å². The number of carbonyl (C=O) groups is 2. The number of pyridine rings is 1. The van der Waals surface area contributed by atoms with Gasteiger partial charge >= 0.3 is 6.18 Å². The van der Waals surface area contributed by atoms with Gasteiger partial charge in [-0.15, -0.1) is 0 Å². The molecule has 2 saturated heterocycles. The zero-order valence-corrected chi connectivity index (χ0v) is 23.0. The standard InChI is InChI=1S/C27H31ClF3N5O4/c1-16-10-18(27(29,30)31)12-22(32-16)36-23(38)11-17-13-35(15-19(37)14-34-6-8-40-9-7-34)25-20(28)4-3-5-21(25)33(2)26(39)24(17)36/h3-5,10,12,17,19,24,37H,6-9,11,13-15H2,1-2H3/t17-,19+,24+/m1/s1. The fourth-order valence-electron chi connectivity index (χ4n) is 5.82. The number of rotatable bonds is 5. The molecule has 9 nitrogen and oxygen atoms in total. The molecule has 2 fully saturated rings. The van der Waals surface area contributed by atoms with Gasteiger partial charge in [0.15, 0.2) is 0 Å². The van der Waals surface area contributed by atoms with Crippen LogP contribution in [0.25, 0.3) is 0 Å². The van der Waals surface area contributed by atoms with Crippen LogP contribution in [0, 0.1) is 12.8 Å². The topological polar surface area (TPSA) is 89.5 Å². The smallest absolute Gasteiger partial charge is 0.390 e. The van der Waals surface area contributed by atoms with E-state index in [2.05, 4.69) is 9.88 Å². The van der Waals surface area contributed by atoms with Crippen LogP contribution in [-0.4, -0.2) is 91.9 Å². The van der Waals surface area contributed by atoms with Gasteiger partial charge in [0.2, 0.25) is 11.8 Å². The number of fused-ring (bicyclic) bond motifs is 2. The van der Waals surface area contributed by atoms with Gasteiger partial charge in [-0.05, 0) is 31.2 Å². The molecule has 5 rings (SSSR count). The van der Waals surface area contributed by atoms with Gasteiger partial charge in [0, 0.05) is 57.8 Å². The Bertz CT molecular complexity index is 1290. The number of aromatic nitrogens is 1. The zero-order chi connectivity index (χ0) is 28.8. The molecule has 40 heavy (non-hydrogen) atoms. The fraction of sp³-hybridized carbons (Fsp3) is 0.519. The Balaban J connectivity index is 1.52. The van der Waals surface area contributed by atoms with Gasteiger partial charge in [-0.3, -0.25) is 19.4 Å². The highest BCUT2D eigenvalue weighted by atomic mass is 35.5. The van der Waals surface area contributed by atoms with Crippen molar-refractivity contribution in [2.24, 2.45) is 5.92 Å². The van der Waals surface area contributed by atoms with Crippen LogP contribution in [0.4, 0.5) is 30.4 Å². The Morgan fingerprint density at radius 1 is 1.18 bits per heavy atom. The van der Waals surface area contributed by atoms with Crippen LogP contribution < -0.4 is 14.7 Å². The third-order valence-electron chi connectivity index (χ3n) is 7.63. The van der Waals surface area contributed by atoms with E-state index in [1.807, 2.05) is 4.90 Å². The van der Waals surface area contributed by atoms with Crippen LogP contribution >= 0.6 is 11.6 Å². The Labute approximate surface area is 235 Å². The predicted molar refractivity (Wildman–Crippen MR) is 144 cm³/mol. The van der Waals surface area contributed by atoms with E-state index in [0.717, 1.165) is 17.0 Å². The molecule has 3 aliphatic heterocycles. The summed E-state index contributed by atoms with van der Waals surface area (Å²) in [5.74, 6) is -1.74. The molecule has 0 saturated carbocycles. The van der Waals surface area contributed by atoms with Crippen LogP contribution in [0.1, 0.15) is 17.7 Å². The van der Waals surface area contributed by atoms with Gasteiger partial charge in [0.1, 0.15) is 11.9 Å². The summed E-state index contributed by atoms with van der Waals surface area (Å²) in [6.07, 6.45) is -5.49. The molecular weight excluding hydrogens is 551 g/mol. The zero-order valence-electron chi connectivity index (χ0n) is 22.2. The van der Waals surface area contributed by atoms with Crippen molar-refractivity contribution < 1.29 is 32.6 Å². The highest BCUT2D eigenvalue weighted by Gasteiger charge is 2.49. The lowest BCUT2D eigenvalue weighted by molar-refractivity contribution is -0.137. The number of anilines is 3. The van der Waals surface area contributed by atoms with Crippen LogP contribution in [0.3, 0.4) is 0 Å². The van der Waals surface area contributed by atoms with Crippen molar-refractivity contribution >= 4 is 40.6 Å². The van der Waals surface area contributed by atoms with Gasteiger partial charge in [-0.1, -0.05) is 17.7 Å². The summed E-state index contributed by atoms with van der Waals surface area (Å²) < 4.78 is 46.2. The second-order valence-corrected chi connectivity index (χ2v) is 10.9. The lowest BCUT2D eigenvalue weighted by Gasteiger charge is -2.40. The highest BCUT2D eigenvalue weighted by molar-refractivity contribution is 6.34. The number of morpholine rings is 1. The third kappa shape index (κ3) is 5.63. The largest absolute Gasteiger partial charge is 0.416 e. The van der Waals surface area contributed by atoms with Gasteiger partial charge in [0.25, 0.3) is 0 Å². The number of aliphatic hydroxyl groups is 1. The van der Waals surface area contributed by atoms with E-state index in [1.54, 1.807) is 25.2 Å². The number of carbonyl (C=O) groups excluding carboxylic acids is 2. The van der Waals surface area contributed by atoms with Gasteiger partial charge in [-0.25, -0.2) is 4.98 Å². The molecule has 3 aliphatic rings. The highest BCUT2D eigenvalue weighted by Crippen LogP contribution is 2.43. The van der Waals surface area contributed by atoms with E-state index < -0.39 is 41.6 Å². The summed E-state index contributed by atoms with van der Waals surface area (Å²) in [5.41, 5.74) is 0.168. The van der Waals surface area contributed by atoms with Crippen molar-refractivity contribution in [2.45, 2.75) is 31.7 Å². The first-order valence-corrected chi connectivity index (χ1v) is 13.5. The molecular formula is C27H31ClF3N5O4. The number of hydrogen-bond donors (Lipinski definition) is 1. The van der Waals surface area contributed by atoms with Crippen LogP contribution in [0.5, 0.6) is 0 Å². The van der Waals surface area contributed by atoms with E-state index >= 15 is 0 Å². The quantitative estimate of drug-likeness (QED) is 0.581. The Morgan fingerprint density at radius 2 is 1.90 bits per heavy atom. The molecule has 13 heteroatoms. The maximum absolute atomic E-state index is 13.9. The normalized spacial score (nSPS) is 23.1. The Hall–Kier alpha value is -2.93. The molecule has 1 N–H and O–H groups in total. The molecule has 0 spiro atoms. The van der Waals surface area contributed by atoms with E-state index in [9.17, 15) is 27.9 Å². The molecule has 0 unspecified atom stereocenters. The third-order valence-corrected chi connectivity index (χ3v) is 7.93. The number of para-hydroxylation sites is 1.